The van der Waals surface area contributed by atoms with Crippen LogP contribution in [0, 0.1) is 11.3 Å². The Bertz CT molecular complexity index is 922. The zero-order valence-electron chi connectivity index (χ0n) is 15.8. The second-order valence-corrected chi connectivity index (χ2v) is 7.10. The topological polar surface area (TPSA) is 56.6 Å². The molecular weight excluding hydrogens is 357 g/mol. The summed E-state index contributed by atoms with van der Waals surface area (Å²) in [6.07, 6.45) is 1.46. The van der Waals surface area contributed by atoms with E-state index in [1.165, 1.54) is 0 Å². The van der Waals surface area contributed by atoms with E-state index in [0.29, 0.717) is 12.2 Å². The van der Waals surface area contributed by atoms with E-state index in [0.717, 1.165) is 35.5 Å². The lowest BCUT2D eigenvalue weighted by molar-refractivity contribution is -0.117. The van der Waals surface area contributed by atoms with Crippen molar-refractivity contribution in [2.45, 2.75) is 24.8 Å². The molecule has 0 spiro atoms. The van der Waals surface area contributed by atoms with Crippen LogP contribution in [-0.2, 0) is 4.79 Å². The molecule has 144 valence electrons. The van der Waals surface area contributed by atoms with E-state index in [4.69, 9.17) is 4.74 Å². The van der Waals surface area contributed by atoms with Crippen molar-refractivity contribution in [1.29, 1.82) is 5.26 Å². The van der Waals surface area contributed by atoms with Crippen LogP contribution in [0.25, 0.3) is 0 Å². The monoisotopic (exact) mass is 379 g/mol. The van der Waals surface area contributed by atoms with Gasteiger partial charge in [-0.1, -0.05) is 18.2 Å². The Morgan fingerprint density at radius 3 is 2.64 bits per heavy atom. The molecule has 6 heteroatoms. The number of anilines is 2. The molecule has 28 heavy (non-hydrogen) atoms. The van der Waals surface area contributed by atoms with Crippen LogP contribution in [0.4, 0.5) is 15.8 Å². The Hall–Kier alpha value is -3.07. The maximum absolute atomic E-state index is 13.4. The molecule has 2 aliphatic heterocycles. The first kappa shape index (κ1) is 18.3. The summed E-state index contributed by atoms with van der Waals surface area (Å²) < 4.78 is 18.7. The highest BCUT2D eigenvalue weighted by Gasteiger charge is 2.39. The number of halogens is 1. The van der Waals surface area contributed by atoms with Crippen LogP contribution >= 0.6 is 0 Å². The predicted octanol–water partition coefficient (Wildman–Crippen LogP) is 3.96. The molecule has 5 nitrogen and oxygen atoms in total. The zero-order valence-corrected chi connectivity index (χ0v) is 15.8. The van der Waals surface area contributed by atoms with Crippen LogP contribution in [0.1, 0.15) is 35.9 Å². The molecule has 2 aromatic rings. The highest BCUT2D eigenvalue weighted by molar-refractivity contribution is 5.95. The van der Waals surface area contributed by atoms with E-state index in [-0.39, 0.29) is 18.5 Å². The summed E-state index contributed by atoms with van der Waals surface area (Å²) in [4.78, 5) is 15.7. The van der Waals surface area contributed by atoms with E-state index < -0.39 is 12.6 Å². The maximum atomic E-state index is 13.4. The van der Waals surface area contributed by atoms with Gasteiger partial charge in [0.2, 0.25) is 5.91 Å². The number of fused-ring (bicyclic) bond motifs is 1. The van der Waals surface area contributed by atoms with Crippen molar-refractivity contribution < 1.29 is 13.9 Å². The van der Waals surface area contributed by atoms with Crippen molar-refractivity contribution in [3.63, 3.8) is 0 Å². The summed E-state index contributed by atoms with van der Waals surface area (Å²) in [5.74, 6) is 0.427. The average Bonchev–Trinajstić information content (AvgIpc) is 3.29. The first-order chi connectivity index (χ1) is 13.7. The summed E-state index contributed by atoms with van der Waals surface area (Å²) in [6, 6.07) is 15.5. The molecule has 2 aliphatic rings. The fourth-order valence-electron chi connectivity index (χ4n) is 4.30. The first-order valence-electron chi connectivity index (χ1n) is 9.48. The minimum Gasteiger partial charge on any atom is -0.497 e. The van der Waals surface area contributed by atoms with Crippen LogP contribution in [0.3, 0.4) is 0 Å². The van der Waals surface area contributed by atoms with E-state index in [9.17, 15) is 14.4 Å². The van der Waals surface area contributed by atoms with Gasteiger partial charge in [0.1, 0.15) is 12.4 Å². The molecule has 0 aliphatic carbocycles. The van der Waals surface area contributed by atoms with Crippen molar-refractivity contribution >= 4 is 17.3 Å². The average molecular weight is 379 g/mol. The number of ether oxygens (including phenoxy) is 1. The maximum Gasteiger partial charge on any atom is 0.227 e. The van der Waals surface area contributed by atoms with Gasteiger partial charge in [-0.3, -0.25) is 4.79 Å². The smallest absolute Gasteiger partial charge is 0.227 e. The Labute approximate surface area is 163 Å². The second-order valence-electron chi connectivity index (χ2n) is 7.10. The van der Waals surface area contributed by atoms with Gasteiger partial charge in [0.25, 0.3) is 0 Å². The van der Waals surface area contributed by atoms with Crippen LogP contribution < -0.4 is 14.5 Å². The Kier molecular flexibility index (Phi) is 4.91. The van der Waals surface area contributed by atoms with E-state index in [2.05, 4.69) is 6.07 Å². The number of rotatable bonds is 5. The number of benzene rings is 2. The van der Waals surface area contributed by atoms with Crippen LogP contribution in [-0.4, -0.2) is 32.8 Å². The van der Waals surface area contributed by atoms with Crippen molar-refractivity contribution in [1.82, 2.24) is 0 Å². The molecule has 2 aromatic carbocycles. The van der Waals surface area contributed by atoms with Gasteiger partial charge in [0.05, 0.1) is 25.1 Å². The van der Waals surface area contributed by atoms with Gasteiger partial charge in [-0.15, -0.1) is 0 Å². The molecule has 1 fully saturated rings. The number of amides is 1. The van der Waals surface area contributed by atoms with Crippen molar-refractivity contribution in [3.05, 3.63) is 53.6 Å². The van der Waals surface area contributed by atoms with Gasteiger partial charge in [-0.25, -0.2) is 4.39 Å². The van der Waals surface area contributed by atoms with E-state index in [1.54, 1.807) is 12.0 Å². The minimum atomic E-state index is -0.508. The van der Waals surface area contributed by atoms with Crippen molar-refractivity contribution in [3.8, 4) is 11.8 Å². The SMILES string of the molecule is COc1ccc2c(c1)N(CCF)C(c1ccc(N3CCCC3=O)cc1)C2C#N. The molecule has 2 unspecified atom stereocenters. The molecule has 0 saturated carbocycles. The normalized spacial score (nSPS) is 21.0. The van der Waals surface area contributed by atoms with Gasteiger partial charge in [0.15, 0.2) is 0 Å². The third-order valence-corrected chi connectivity index (χ3v) is 5.62. The summed E-state index contributed by atoms with van der Waals surface area (Å²) in [7, 11) is 1.59. The lowest BCUT2D eigenvalue weighted by atomic mass is 9.91. The lowest BCUT2D eigenvalue weighted by Gasteiger charge is -2.28. The molecule has 2 atom stereocenters. The molecule has 4 rings (SSSR count). The Morgan fingerprint density at radius 2 is 2.04 bits per heavy atom. The summed E-state index contributed by atoms with van der Waals surface area (Å²) >= 11 is 0. The summed E-state index contributed by atoms with van der Waals surface area (Å²) in [5, 5.41) is 9.86. The van der Waals surface area contributed by atoms with Crippen LogP contribution in [0.2, 0.25) is 0 Å². The predicted molar refractivity (Wildman–Crippen MR) is 105 cm³/mol. The largest absolute Gasteiger partial charge is 0.497 e. The Morgan fingerprint density at radius 1 is 1.25 bits per heavy atom. The lowest BCUT2D eigenvalue weighted by Crippen LogP contribution is -2.29. The number of carbonyl (C=O) groups is 1. The van der Waals surface area contributed by atoms with E-state index >= 15 is 0 Å². The van der Waals surface area contributed by atoms with Gasteiger partial charge in [0, 0.05) is 37.0 Å². The molecule has 0 aromatic heterocycles. The number of hydrogen-bond acceptors (Lipinski definition) is 4. The molecule has 1 amide bonds. The van der Waals surface area contributed by atoms with Crippen molar-refractivity contribution in [2.75, 3.05) is 36.7 Å². The van der Waals surface area contributed by atoms with Gasteiger partial charge in [-0.05, 0) is 35.7 Å². The number of carbonyl (C=O) groups excluding carboxylic acids is 1. The number of nitrogens with zero attached hydrogens (tertiary/aromatic N) is 3. The standard InChI is InChI=1S/C22H22FN3O2/c1-28-17-8-9-18-19(14-24)22(26(12-10-23)20(18)13-17)15-4-6-16(7-5-15)25-11-2-3-21(25)27/h4-9,13,19,22H,2-3,10-12H2,1H3. The first-order valence-corrected chi connectivity index (χ1v) is 9.48. The third kappa shape index (κ3) is 2.97. The van der Waals surface area contributed by atoms with Crippen LogP contribution in [0.5, 0.6) is 5.75 Å². The van der Waals surface area contributed by atoms with Gasteiger partial charge < -0.3 is 14.5 Å². The summed E-state index contributed by atoms with van der Waals surface area (Å²) in [5.41, 5.74) is 3.53. The quantitative estimate of drug-likeness (QED) is 0.789. The molecule has 1 saturated heterocycles. The van der Waals surface area contributed by atoms with Gasteiger partial charge >= 0.3 is 0 Å². The van der Waals surface area contributed by atoms with E-state index in [1.807, 2.05) is 47.4 Å². The molecule has 2 heterocycles. The van der Waals surface area contributed by atoms with Gasteiger partial charge in [-0.2, -0.15) is 5.26 Å². The number of nitriles is 1. The van der Waals surface area contributed by atoms with Crippen LogP contribution in [0.15, 0.2) is 42.5 Å². The number of hydrogen-bond donors (Lipinski definition) is 0. The minimum absolute atomic E-state index is 0.141. The van der Waals surface area contributed by atoms with Crippen molar-refractivity contribution in [2.24, 2.45) is 0 Å². The highest BCUT2D eigenvalue weighted by atomic mass is 19.1. The zero-order chi connectivity index (χ0) is 19.7. The summed E-state index contributed by atoms with van der Waals surface area (Å²) in [6.45, 7) is 0.433. The molecule has 0 bridgehead atoms. The molecule has 0 radical (unpaired) electrons. The fourth-order valence-corrected chi connectivity index (χ4v) is 4.30. The number of methoxy groups -OCH3 is 1. The fraction of sp³-hybridized carbons (Fsp3) is 0.364. The second kappa shape index (κ2) is 7.51. The Balaban J connectivity index is 1.71. The molecule has 0 N–H and O–H groups in total. The highest BCUT2D eigenvalue weighted by Crippen LogP contribution is 2.49. The molecular formula is C22H22FN3O2. The number of alkyl halides is 1. The third-order valence-electron chi connectivity index (χ3n) is 5.62.